The van der Waals surface area contributed by atoms with Gasteiger partial charge in [0.1, 0.15) is 5.82 Å². The van der Waals surface area contributed by atoms with Gasteiger partial charge in [-0.2, -0.15) is 0 Å². The number of aliphatic hydroxyl groups is 1. The summed E-state index contributed by atoms with van der Waals surface area (Å²) in [5.74, 6) is -0.222. The van der Waals surface area contributed by atoms with Gasteiger partial charge < -0.3 is 15.3 Å². The first-order valence-electron chi connectivity index (χ1n) is 7.65. The van der Waals surface area contributed by atoms with Gasteiger partial charge in [0.25, 0.3) is 0 Å². The van der Waals surface area contributed by atoms with Crippen molar-refractivity contribution in [2.24, 2.45) is 0 Å². The minimum Gasteiger partial charge on any atom is -0.394 e. The fourth-order valence-corrected chi connectivity index (χ4v) is 3.46. The number of aryl methyl sites for hydroxylation is 1. The number of nitrogens with one attached hydrogen (secondary N) is 1. The van der Waals surface area contributed by atoms with E-state index in [9.17, 15) is 14.3 Å². The van der Waals surface area contributed by atoms with Gasteiger partial charge in [0, 0.05) is 6.54 Å². The van der Waals surface area contributed by atoms with E-state index in [4.69, 9.17) is 0 Å². The van der Waals surface area contributed by atoms with Crippen LogP contribution in [0.3, 0.4) is 0 Å². The molecule has 0 radical (unpaired) electrons. The predicted octanol–water partition coefficient (Wildman–Crippen LogP) is 2.37. The van der Waals surface area contributed by atoms with E-state index in [1.54, 1.807) is 17.0 Å². The standard InChI is InChI=1S/C16H21FN2O2/c17-12-6-7-14-11(9-12)3-1-5-15(14)18-16(21)19-8-2-4-13(19)10-20/h6-7,9,13,15,20H,1-5,8,10H2,(H,18,21)/t13-,15?/m1/s1. The molecule has 1 aliphatic carbocycles. The molecule has 1 aromatic carbocycles. The molecule has 4 nitrogen and oxygen atoms in total. The Balaban J connectivity index is 1.73. The number of fused-ring (bicyclic) bond motifs is 1. The molecular formula is C16H21FN2O2. The molecule has 1 heterocycles. The third-order valence-electron chi connectivity index (χ3n) is 4.57. The molecule has 0 bridgehead atoms. The zero-order valence-corrected chi connectivity index (χ0v) is 12.0. The van der Waals surface area contributed by atoms with Gasteiger partial charge in [0.05, 0.1) is 18.7 Å². The third kappa shape index (κ3) is 2.88. The van der Waals surface area contributed by atoms with Gasteiger partial charge >= 0.3 is 6.03 Å². The summed E-state index contributed by atoms with van der Waals surface area (Å²) < 4.78 is 13.3. The quantitative estimate of drug-likeness (QED) is 0.879. The van der Waals surface area contributed by atoms with E-state index in [1.165, 1.54) is 6.07 Å². The molecule has 5 heteroatoms. The Morgan fingerprint density at radius 3 is 3.05 bits per heavy atom. The van der Waals surface area contributed by atoms with Crippen molar-refractivity contribution in [1.29, 1.82) is 0 Å². The van der Waals surface area contributed by atoms with Gasteiger partial charge in [0.2, 0.25) is 0 Å². The first-order valence-corrected chi connectivity index (χ1v) is 7.65. The summed E-state index contributed by atoms with van der Waals surface area (Å²) >= 11 is 0. The molecule has 0 saturated carbocycles. The lowest BCUT2D eigenvalue weighted by atomic mass is 9.87. The zero-order valence-electron chi connectivity index (χ0n) is 12.0. The first kappa shape index (κ1) is 14.3. The molecule has 1 aromatic rings. The number of benzene rings is 1. The van der Waals surface area contributed by atoms with Crippen LogP contribution in [0.2, 0.25) is 0 Å². The lowest BCUT2D eigenvalue weighted by Gasteiger charge is -2.30. The Morgan fingerprint density at radius 2 is 2.24 bits per heavy atom. The van der Waals surface area contributed by atoms with Gasteiger partial charge in [-0.25, -0.2) is 9.18 Å². The molecule has 2 N–H and O–H groups in total. The zero-order chi connectivity index (χ0) is 14.8. The molecule has 1 fully saturated rings. The molecule has 0 spiro atoms. The smallest absolute Gasteiger partial charge is 0.318 e. The Labute approximate surface area is 124 Å². The fourth-order valence-electron chi connectivity index (χ4n) is 3.46. The van der Waals surface area contributed by atoms with Crippen molar-refractivity contribution >= 4 is 6.03 Å². The van der Waals surface area contributed by atoms with Gasteiger partial charge in [-0.3, -0.25) is 0 Å². The van der Waals surface area contributed by atoms with Crippen LogP contribution in [0.1, 0.15) is 42.9 Å². The highest BCUT2D eigenvalue weighted by Crippen LogP contribution is 2.30. The minimum absolute atomic E-state index is 0.0138. The predicted molar refractivity (Wildman–Crippen MR) is 77.4 cm³/mol. The number of carbonyl (C=O) groups excluding carboxylic acids is 1. The van der Waals surface area contributed by atoms with Crippen molar-refractivity contribution < 1.29 is 14.3 Å². The maximum absolute atomic E-state index is 13.3. The Kier molecular flexibility index (Phi) is 4.10. The molecule has 2 atom stereocenters. The highest BCUT2D eigenvalue weighted by atomic mass is 19.1. The van der Waals surface area contributed by atoms with Crippen LogP contribution in [0.15, 0.2) is 18.2 Å². The SMILES string of the molecule is O=C(NC1CCCc2cc(F)ccc21)N1CCC[C@@H]1CO. The molecule has 21 heavy (non-hydrogen) atoms. The normalized spacial score (nSPS) is 24.8. The van der Waals surface area contributed by atoms with Crippen LogP contribution in [-0.4, -0.2) is 35.2 Å². The average molecular weight is 292 g/mol. The summed E-state index contributed by atoms with van der Waals surface area (Å²) in [4.78, 5) is 14.1. The minimum atomic E-state index is -0.222. The first-order chi connectivity index (χ1) is 10.2. The van der Waals surface area contributed by atoms with Crippen LogP contribution in [0, 0.1) is 5.82 Å². The van der Waals surface area contributed by atoms with Gasteiger partial charge in [-0.15, -0.1) is 0 Å². The van der Waals surface area contributed by atoms with Crippen molar-refractivity contribution in [1.82, 2.24) is 10.2 Å². The fraction of sp³-hybridized carbons (Fsp3) is 0.562. The number of carbonyl (C=O) groups is 1. The summed E-state index contributed by atoms with van der Waals surface area (Å²) in [6.07, 6.45) is 4.48. The number of amides is 2. The topological polar surface area (TPSA) is 52.6 Å². The molecular weight excluding hydrogens is 271 g/mol. The Morgan fingerprint density at radius 1 is 1.38 bits per heavy atom. The molecule has 1 unspecified atom stereocenters. The van der Waals surface area contributed by atoms with Gasteiger partial charge in [-0.1, -0.05) is 6.07 Å². The van der Waals surface area contributed by atoms with Crippen molar-refractivity contribution in [2.75, 3.05) is 13.2 Å². The second-order valence-electron chi connectivity index (χ2n) is 5.91. The van der Waals surface area contributed by atoms with Crippen molar-refractivity contribution in [3.63, 3.8) is 0 Å². The third-order valence-corrected chi connectivity index (χ3v) is 4.57. The van der Waals surface area contributed by atoms with Gasteiger partial charge in [0.15, 0.2) is 0 Å². The maximum atomic E-state index is 13.3. The number of hydrogen-bond acceptors (Lipinski definition) is 2. The highest BCUT2D eigenvalue weighted by Gasteiger charge is 2.30. The van der Waals surface area contributed by atoms with Crippen LogP contribution >= 0.6 is 0 Å². The van der Waals surface area contributed by atoms with E-state index in [2.05, 4.69) is 5.32 Å². The second kappa shape index (κ2) is 6.02. The summed E-state index contributed by atoms with van der Waals surface area (Å²) in [5, 5.41) is 12.4. The Hall–Kier alpha value is -1.62. The lowest BCUT2D eigenvalue weighted by Crippen LogP contribution is -2.45. The van der Waals surface area contributed by atoms with Crippen LogP contribution in [0.25, 0.3) is 0 Å². The van der Waals surface area contributed by atoms with E-state index in [0.29, 0.717) is 6.54 Å². The number of aliphatic hydroxyl groups excluding tert-OH is 1. The largest absolute Gasteiger partial charge is 0.394 e. The summed E-state index contributed by atoms with van der Waals surface area (Å²) in [6.45, 7) is 0.708. The number of nitrogens with zero attached hydrogens (tertiary/aromatic N) is 1. The van der Waals surface area contributed by atoms with E-state index in [-0.39, 0.29) is 30.5 Å². The van der Waals surface area contributed by atoms with Gasteiger partial charge in [-0.05, 0) is 55.4 Å². The second-order valence-corrected chi connectivity index (χ2v) is 5.91. The van der Waals surface area contributed by atoms with Crippen LogP contribution in [0.4, 0.5) is 9.18 Å². The molecule has 114 valence electrons. The summed E-state index contributed by atoms with van der Waals surface area (Å²) in [5.41, 5.74) is 2.02. The maximum Gasteiger partial charge on any atom is 0.318 e. The van der Waals surface area contributed by atoms with E-state index >= 15 is 0 Å². The summed E-state index contributed by atoms with van der Waals surface area (Å²) in [6, 6.07) is 4.56. The van der Waals surface area contributed by atoms with E-state index in [0.717, 1.165) is 43.2 Å². The van der Waals surface area contributed by atoms with Crippen molar-refractivity contribution in [3.8, 4) is 0 Å². The van der Waals surface area contributed by atoms with Crippen LogP contribution in [-0.2, 0) is 6.42 Å². The summed E-state index contributed by atoms with van der Waals surface area (Å²) in [7, 11) is 0. The molecule has 2 aliphatic rings. The lowest BCUT2D eigenvalue weighted by molar-refractivity contribution is 0.154. The highest BCUT2D eigenvalue weighted by molar-refractivity contribution is 5.75. The van der Waals surface area contributed by atoms with Crippen LogP contribution < -0.4 is 5.32 Å². The average Bonchev–Trinajstić information content (AvgIpc) is 2.95. The van der Waals surface area contributed by atoms with Crippen LogP contribution in [0.5, 0.6) is 0 Å². The number of hydrogen-bond donors (Lipinski definition) is 2. The number of urea groups is 1. The monoisotopic (exact) mass is 292 g/mol. The Bertz CT molecular complexity index is 535. The van der Waals surface area contributed by atoms with Crippen molar-refractivity contribution in [3.05, 3.63) is 35.1 Å². The van der Waals surface area contributed by atoms with E-state index in [1.807, 2.05) is 0 Å². The van der Waals surface area contributed by atoms with E-state index < -0.39 is 0 Å². The number of likely N-dealkylation sites (tertiary alicyclic amines) is 1. The molecule has 3 rings (SSSR count). The molecule has 1 saturated heterocycles. The molecule has 2 amide bonds. The van der Waals surface area contributed by atoms with Crippen molar-refractivity contribution in [2.45, 2.75) is 44.2 Å². The molecule has 1 aliphatic heterocycles. The number of halogens is 1. The molecule has 0 aromatic heterocycles. The number of rotatable bonds is 2.